The first-order valence-electron chi connectivity index (χ1n) is 13.4. The molecule has 0 saturated carbocycles. The molecule has 2 N–H and O–H groups in total. The number of ether oxygens (including phenoxy) is 2. The Balaban J connectivity index is 1.39. The van der Waals surface area contributed by atoms with Gasteiger partial charge in [0, 0.05) is 31.9 Å². The first-order chi connectivity index (χ1) is 18.3. The smallest absolute Gasteiger partial charge is 0.243 e. The van der Waals surface area contributed by atoms with E-state index in [-0.39, 0.29) is 17.3 Å². The molecule has 208 valence electrons. The Bertz CT molecular complexity index is 1160. The second-order valence-electron chi connectivity index (χ2n) is 10.1. The number of likely N-dealkylation sites (tertiary alicyclic amines) is 1. The minimum absolute atomic E-state index is 0.111. The van der Waals surface area contributed by atoms with Crippen molar-refractivity contribution in [2.24, 2.45) is 0 Å². The number of hydrogen-bond donors (Lipinski definition) is 2. The van der Waals surface area contributed by atoms with Crippen LogP contribution >= 0.6 is 0 Å². The number of anilines is 1. The van der Waals surface area contributed by atoms with Crippen LogP contribution in [-0.2, 0) is 19.6 Å². The number of nitrogens with one attached hydrogen (secondary N) is 1. The van der Waals surface area contributed by atoms with E-state index in [2.05, 4.69) is 12.2 Å². The van der Waals surface area contributed by atoms with Crippen LogP contribution < -0.4 is 10.1 Å². The maximum Gasteiger partial charge on any atom is 0.243 e. The van der Waals surface area contributed by atoms with E-state index in [1.807, 2.05) is 35.2 Å². The second kappa shape index (κ2) is 13.0. The van der Waals surface area contributed by atoms with Crippen molar-refractivity contribution >= 4 is 21.6 Å². The molecule has 2 aliphatic heterocycles. The van der Waals surface area contributed by atoms with Crippen LogP contribution in [0.3, 0.4) is 0 Å². The van der Waals surface area contributed by atoms with Gasteiger partial charge in [-0.25, -0.2) is 8.42 Å². The van der Waals surface area contributed by atoms with Gasteiger partial charge in [0.1, 0.15) is 17.5 Å². The summed E-state index contributed by atoms with van der Waals surface area (Å²) >= 11 is 0. The average molecular weight is 546 g/mol. The van der Waals surface area contributed by atoms with Crippen molar-refractivity contribution < 1.29 is 27.8 Å². The average Bonchev–Trinajstić information content (AvgIpc) is 2.92. The number of amides is 1. The third-order valence-corrected chi connectivity index (χ3v) is 9.11. The molecular weight excluding hydrogens is 506 g/mol. The van der Waals surface area contributed by atoms with Crippen molar-refractivity contribution in [2.45, 2.75) is 55.6 Å². The summed E-state index contributed by atoms with van der Waals surface area (Å²) in [5.74, 6) is 0.441. The summed E-state index contributed by atoms with van der Waals surface area (Å²) in [5, 5.41) is 14.3. The van der Waals surface area contributed by atoms with Crippen LogP contribution in [0.2, 0.25) is 0 Å². The van der Waals surface area contributed by atoms with Gasteiger partial charge in [0.05, 0.1) is 24.7 Å². The SMILES string of the molecule is CCCCC[C@]1(O)CCN(CC(=O)Nc2cccc(S(=O)(=O)N3CCOCC3)c2)C[C@@H]1Oc1ccccc1. The lowest BCUT2D eigenvalue weighted by Crippen LogP contribution is -2.58. The van der Waals surface area contributed by atoms with Crippen molar-refractivity contribution in [1.29, 1.82) is 0 Å². The van der Waals surface area contributed by atoms with Crippen molar-refractivity contribution in [3.05, 3.63) is 54.6 Å². The largest absolute Gasteiger partial charge is 0.486 e. The van der Waals surface area contributed by atoms with Crippen LogP contribution in [0.1, 0.15) is 39.0 Å². The van der Waals surface area contributed by atoms with E-state index in [0.717, 1.165) is 19.3 Å². The quantitative estimate of drug-likeness (QED) is 0.418. The van der Waals surface area contributed by atoms with Gasteiger partial charge < -0.3 is 19.9 Å². The van der Waals surface area contributed by atoms with Crippen LogP contribution in [0.25, 0.3) is 0 Å². The van der Waals surface area contributed by atoms with E-state index in [9.17, 15) is 18.3 Å². The van der Waals surface area contributed by atoms with Crippen molar-refractivity contribution in [3.8, 4) is 5.75 Å². The molecule has 2 fully saturated rings. The topological polar surface area (TPSA) is 108 Å². The third-order valence-electron chi connectivity index (χ3n) is 7.21. The van der Waals surface area contributed by atoms with Gasteiger partial charge in [0.2, 0.25) is 15.9 Å². The minimum Gasteiger partial charge on any atom is -0.486 e. The molecule has 0 aromatic heterocycles. The molecule has 0 radical (unpaired) electrons. The zero-order chi connectivity index (χ0) is 27.0. The van der Waals surface area contributed by atoms with Gasteiger partial charge in [-0.15, -0.1) is 0 Å². The molecular formula is C28H39N3O6S. The van der Waals surface area contributed by atoms with Gasteiger partial charge in [-0.05, 0) is 43.2 Å². The summed E-state index contributed by atoms with van der Waals surface area (Å²) in [7, 11) is -3.66. The first kappa shape index (κ1) is 28.5. The molecule has 2 aromatic rings. The summed E-state index contributed by atoms with van der Waals surface area (Å²) in [4.78, 5) is 15.1. The summed E-state index contributed by atoms with van der Waals surface area (Å²) in [6, 6.07) is 15.8. The number of benzene rings is 2. The van der Waals surface area contributed by atoms with Gasteiger partial charge in [-0.2, -0.15) is 4.31 Å². The van der Waals surface area contributed by atoms with Crippen molar-refractivity contribution in [3.63, 3.8) is 0 Å². The zero-order valence-electron chi connectivity index (χ0n) is 22.0. The molecule has 2 saturated heterocycles. The molecule has 9 nitrogen and oxygen atoms in total. The number of hydrogen-bond acceptors (Lipinski definition) is 7. The van der Waals surface area contributed by atoms with E-state index < -0.39 is 21.7 Å². The number of aliphatic hydroxyl groups is 1. The Hall–Kier alpha value is -2.50. The zero-order valence-corrected chi connectivity index (χ0v) is 22.9. The molecule has 1 amide bonds. The number of sulfonamides is 1. The predicted octanol–water partition coefficient (Wildman–Crippen LogP) is 3.11. The highest BCUT2D eigenvalue weighted by atomic mass is 32.2. The normalized spacial score (nSPS) is 23.2. The minimum atomic E-state index is -3.66. The molecule has 0 bridgehead atoms. The molecule has 2 aliphatic rings. The summed E-state index contributed by atoms with van der Waals surface area (Å²) in [6.07, 6.45) is 3.74. The van der Waals surface area contributed by atoms with Gasteiger partial charge in [-0.1, -0.05) is 50.5 Å². The molecule has 2 aromatic carbocycles. The molecule has 38 heavy (non-hydrogen) atoms. The number of nitrogens with zero attached hydrogens (tertiary/aromatic N) is 2. The van der Waals surface area contributed by atoms with E-state index in [1.165, 1.54) is 16.4 Å². The number of para-hydroxylation sites is 1. The fourth-order valence-corrected chi connectivity index (χ4v) is 6.46. The number of carbonyl (C=O) groups excluding carboxylic acids is 1. The van der Waals surface area contributed by atoms with Gasteiger partial charge >= 0.3 is 0 Å². The lowest BCUT2D eigenvalue weighted by molar-refractivity contribution is -0.127. The highest BCUT2D eigenvalue weighted by molar-refractivity contribution is 7.89. The van der Waals surface area contributed by atoms with Gasteiger partial charge in [0.25, 0.3) is 0 Å². The predicted molar refractivity (Wildman–Crippen MR) is 146 cm³/mol. The van der Waals surface area contributed by atoms with Crippen LogP contribution in [-0.4, -0.2) is 86.3 Å². The molecule has 0 spiro atoms. The van der Waals surface area contributed by atoms with E-state index >= 15 is 0 Å². The number of piperidine rings is 1. The summed E-state index contributed by atoms with van der Waals surface area (Å²) in [6.45, 7) is 4.59. The monoisotopic (exact) mass is 545 g/mol. The number of carbonyl (C=O) groups is 1. The maximum absolute atomic E-state index is 13.0. The van der Waals surface area contributed by atoms with Crippen LogP contribution in [0.15, 0.2) is 59.5 Å². The lowest BCUT2D eigenvalue weighted by atomic mass is 9.83. The van der Waals surface area contributed by atoms with Crippen LogP contribution in [0.5, 0.6) is 5.75 Å². The number of morpholine rings is 1. The molecule has 10 heteroatoms. The molecule has 2 atom stereocenters. The third kappa shape index (κ3) is 7.33. The van der Waals surface area contributed by atoms with Crippen LogP contribution in [0.4, 0.5) is 5.69 Å². The standard InChI is InChI=1S/C28H39N3O6S/c1-2-3-7-13-28(33)14-15-30(21-26(28)37-24-10-5-4-6-11-24)22-27(32)29-23-9-8-12-25(20-23)38(34,35)31-16-18-36-19-17-31/h4-6,8-12,20,26,33H,2-3,7,13-19,21-22H2,1H3,(H,29,32)/t26-,28-/m0/s1. The highest BCUT2D eigenvalue weighted by Gasteiger charge is 2.43. The Kier molecular flexibility index (Phi) is 9.78. The molecule has 0 aliphatic carbocycles. The lowest BCUT2D eigenvalue weighted by Gasteiger charge is -2.44. The first-order valence-corrected chi connectivity index (χ1v) is 14.9. The van der Waals surface area contributed by atoms with E-state index in [1.54, 1.807) is 12.1 Å². The fraction of sp³-hybridized carbons (Fsp3) is 0.536. The number of rotatable bonds is 11. The molecule has 2 heterocycles. The van der Waals surface area contributed by atoms with E-state index in [0.29, 0.717) is 63.7 Å². The molecule has 4 rings (SSSR count). The Labute approximate surface area is 225 Å². The maximum atomic E-state index is 13.0. The van der Waals surface area contributed by atoms with Gasteiger partial charge in [-0.3, -0.25) is 9.69 Å². The summed E-state index contributed by atoms with van der Waals surface area (Å²) in [5.41, 5.74) is -0.533. The Morgan fingerprint density at radius 1 is 1.11 bits per heavy atom. The summed E-state index contributed by atoms with van der Waals surface area (Å²) < 4.78 is 38.9. The van der Waals surface area contributed by atoms with Gasteiger partial charge in [0.15, 0.2) is 0 Å². The number of unbranched alkanes of at least 4 members (excludes halogenated alkanes) is 2. The van der Waals surface area contributed by atoms with Crippen molar-refractivity contribution in [1.82, 2.24) is 9.21 Å². The Morgan fingerprint density at radius 2 is 1.87 bits per heavy atom. The van der Waals surface area contributed by atoms with Crippen LogP contribution in [0, 0.1) is 0 Å². The second-order valence-corrected chi connectivity index (χ2v) is 12.0. The highest BCUT2D eigenvalue weighted by Crippen LogP contribution is 2.31. The van der Waals surface area contributed by atoms with Crippen molar-refractivity contribution in [2.75, 3.05) is 51.3 Å². The fourth-order valence-electron chi connectivity index (χ4n) is 5.00. The Morgan fingerprint density at radius 3 is 2.61 bits per heavy atom. The van der Waals surface area contributed by atoms with E-state index in [4.69, 9.17) is 9.47 Å². The molecule has 0 unspecified atom stereocenters.